The number of nitrogens with zero attached hydrogens (tertiary/aromatic N) is 4. The molecule has 0 aliphatic carbocycles. The average molecular weight is 363 g/mol. The maximum atomic E-state index is 5.86. The third-order valence-corrected chi connectivity index (χ3v) is 4.08. The molecule has 0 saturated carbocycles. The topological polar surface area (TPSA) is 85.8 Å². The molecule has 0 saturated heterocycles. The molecule has 26 heavy (non-hydrogen) atoms. The molecule has 3 rings (SSSR count). The van der Waals surface area contributed by atoms with Gasteiger partial charge in [0, 0.05) is 18.1 Å². The second kappa shape index (κ2) is 9.33. The monoisotopic (exact) mass is 363 g/mol. The Bertz CT molecular complexity index is 867. The molecule has 0 unspecified atom stereocenters. The molecule has 1 aromatic heterocycles. The van der Waals surface area contributed by atoms with E-state index >= 15 is 0 Å². The molecule has 0 aliphatic heterocycles. The van der Waals surface area contributed by atoms with Gasteiger partial charge in [-0.1, -0.05) is 42.1 Å². The molecule has 0 spiro atoms. The third kappa shape index (κ3) is 5.71. The molecule has 6 nitrogen and oxygen atoms in total. The lowest BCUT2D eigenvalue weighted by molar-refractivity contribution is 0.442. The van der Waals surface area contributed by atoms with E-state index in [0.29, 0.717) is 16.9 Å². The van der Waals surface area contributed by atoms with Crippen LogP contribution in [-0.2, 0) is 5.75 Å². The van der Waals surface area contributed by atoms with Crippen molar-refractivity contribution < 1.29 is 4.74 Å². The normalized spacial score (nSPS) is 11.6. The number of nitrogens with two attached hydrogens (primary N) is 1. The van der Waals surface area contributed by atoms with E-state index in [2.05, 4.69) is 20.2 Å². The van der Waals surface area contributed by atoms with Crippen LogP contribution in [0.4, 0.5) is 0 Å². The third-order valence-electron chi connectivity index (χ3n) is 3.22. The van der Waals surface area contributed by atoms with Gasteiger partial charge < -0.3 is 10.5 Å². The molecule has 0 bridgehead atoms. The Morgan fingerprint density at radius 3 is 2.46 bits per heavy atom. The molecule has 1 heterocycles. The molecule has 2 N–H and O–H groups in total. The summed E-state index contributed by atoms with van der Waals surface area (Å²) in [7, 11) is 0. The van der Waals surface area contributed by atoms with Crippen LogP contribution in [0.3, 0.4) is 0 Å². The molecule has 7 heteroatoms. The smallest absolute Gasteiger partial charge is 0.321 e. The standard InChI is InChI=1S/C19H17N5OS/c20-18(26-14-16-5-2-1-3-6-16)24-23-13-15-7-9-17(10-8-15)25-19-21-11-4-12-22-19/h1-13H,14H2,(H2,20,24). The second-order valence-electron chi connectivity index (χ2n) is 5.16. The zero-order chi connectivity index (χ0) is 18.0. The summed E-state index contributed by atoms with van der Waals surface area (Å²) < 4.78 is 5.53. The van der Waals surface area contributed by atoms with Crippen LogP contribution < -0.4 is 10.5 Å². The zero-order valence-electron chi connectivity index (χ0n) is 13.9. The highest BCUT2D eigenvalue weighted by atomic mass is 32.2. The number of ether oxygens (including phenoxy) is 1. The van der Waals surface area contributed by atoms with Crippen LogP contribution in [-0.4, -0.2) is 21.4 Å². The summed E-state index contributed by atoms with van der Waals surface area (Å²) >= 11 is 1.45. The minimum atomic E-state index is 0.307. The Kier molecular flexibility index (Phi) is 6.33. The van der Waals surface area contributed by atoms with Crippen LogP contribution >= 0.6 is 11.8 Å². The Morgan fingerprint density at radius 2 is 1.73 bits per heavy atom. The van der Waals surface area contributed by atoms with Crippen LogP contribution in [0, 0.1) is 0 Å². The van der Waals surface area contributed by atoms with Crippen molar-refractivity contribution in [2.24, 2.45) is 15.9 Å². The van der Waals surface area contributed by atoms with Gasteiger partial charge in [-0.25, -0.2) is 9.97 Å². The predicted octanol–water partition coefficient (Wildman–Crippen LogP) is 3.85. The van der Waals surface area contributed by atoms with Gasteiger partial charge in [0.05, 0.1) is 6.21 Å². The van der Waals surface area contributed by atoms with Crippen molar-refractivity contribution in [2.75, 3.05) is 0 Å². The first-order valence-electron chi connectivity index (χ1n) is 7.88. The summed E-state index contributed by atoms with van der Waals surface area (Å²) in [5, 5.41) is 8.44. The Labute approximate surface area is 155 Å². The van der Waals surface area contributed by atoms with Gasteiger partial charge >= 0.3 is 6.01 Å². The highest BCUT2D eigenvalue weighted by Crippen LogP contribution is 2.17. The maximum absolute atomic E-state index is 5.86. The molecule has 0 aliphatic rings. The minimum absolute atomic E-state index is 0.307. The van der Waals surface area contributed by atoms with Crippen LogP contribution in [0.15, 0.2) is 83.3 Å². The van der Waals surface area contributed by atoms with E-state index in [9.17, 15) is 0 Å². The van der Waals surface area contributed by atoms with E-state index in [1.807, 2.05) is 54.6 Å². The highest BCUT2D eigenvalue weighted by molar-refractivity contribution is 8.13. The summed E-state index contributed by atoms with van der Waals surface area (Å²) in [6, 6.07) is 19.5. The molecule has 2 aromatic carbocycles. The highest BCUT2D eigenvalue weighted by Gasteiger charge is 1.99. The zero-order valence-corrected chi connectivity index (χ0v) is 14.7. The molecule has 0 atom stereocenters. The van der Waals surface area contributed by atoms with Gasteiger partial charge in [0.15, 0.2) is 5.17 Å². The number of thioether (sulfide) groups is 1. The first-order chi connectivity index (χ1) is 12.8. The molecule has 0 amide bonds. The lowest BCUT2D eigenvalue weighted by Gasteiger charge is -2.02. The average Bonchev–Trinajstić information content (AvgIpc) is 2.69. The van der Waals surface area contributed by atoms with Crippen LogP contribution in [0.25, 0.3) is 0 Å². The van der Waals surface area contributed by atoms with E-state index < -0.39 is 0 Å². The Balaban J connectivity index is 1.51. The molecule has 130 valence electrons. The summed E-state index contributed by atoms with van der Waals surface area (Å²) in [5.41, 5.74) is 7.94. The van der Waals surface area contributed by atoms with E-state index in [-0.39, 0.29) is 0 Å². The van der Waals surface area contributed by atoms with Crippen molar-refractivity contribution in [3.8, 4) is 11.8 Å². The predicted molar refractivity (Wildman–Crippen MR) is 106 cm³/mol. The van der Waals surface area contributed by atoms with E-state index in [0.717, 1.165) is 11.3 Å². The number of hydrogen-bond acceptors (Lipinski definition) is 6. The largest absolute Gasteiger partial charge is 0.424 e. The molecular weight excluding hydrogens is 346 g/mol. The van der Waals surface area contributed by atoms with Crippen molar-refractivity contribution in [1.82, 2.24) is 9.97 Å². The summed E-state index contributed by atoms with van der Waals surface area (Å²) in [6.45, 7) is 0. The Morgan fingerprint density at radius 1 is 1.00 bits per heavy atom. The van der Waals surface area contributed by atoms with Gasteiger partial charge in [-0.15, -0.1) is 5.10 Å². The summed E-state index contributed by atoms with van der Waals surface area (Å²) in [4.78, 5) is 8.02. The quantitative estimate of drug-likeness (QED) is 0.408. The lowest BCUT2D eigenvalue weighted by atomic mass is 10.2. The first-order valence-corrected chi connectivity index (χ1v) is 8.86. The molecule has 0 fully saturated rings. The van der Waals surface area contributed by atoms with Crippen LogP contribution in [0.5, 0.6) is 11.8 Å². The fourth-order valence-electron chi connectivity index (χ4n) is 1.98. The van der Waals surface area contributed by atoms with E-state index in [4.69, 9.17) is 10.5 Å². The summed E-state index contributed by atoms with van der Waals surface area (Å²) in [6.07, 6.45) is 4.89. The fourth-order valence-corrected chi connectivity index (χ4v) is 2.59. The van der Waals surface area contributed by atoms with Gasteiger partial charge in [0.2, 0.25) is 0 Å². The van der Waals surface area contributed by atoms with Crippen molar-refractivity contribution >= 4 is 23.1 Å². The maximum Gasteiger partial charge on any atom is 0.321 e. The van der Waals surface area contributed by atoms with Crippen molar-refractivity contribution in [1.29, 1.82) is 0 Å². The van der Waals surface area contributed by atoms with E-state index in [1.54, 1.807) is 24.7 Å². The van der Waals surface area contributed by atoms with Crippen LogP contribution in [0.2, 0.25) is 0 Å². The van der Waals surface area contributed by atoms with Gasteiger partial charge in [0.25, 0.3) is 0 Å². The fraction of sp³-hybridized carbons (Fsp3) is 0.0526. The second-order valence-corrected chi connectivity index (χ2v) is 6.16. The first kappa shape index (κ1) is 17.6. The van der Waals surface area contributed by atoms with Crippen molar-refractivity contribution in [2.45, 2.75) is 5.75 Å². The minimum Gasteiger partial charge on any atom is -0.424 e. The molecular formula is C19H17N5OS. The van der Waals surface area contributed by atoms with Gasteiger partial charge in [-0.2, -0.15) is 5.10 Å². The number of rotatable bonds is 6. The van der Waals surface area contributed by atoms with E-state index in [1.165, 1.54) is 17.3 Å². The summed E-state index contributed by atoms with van der Waals surface area (Å²) in [5.74, 6) is 1.41. The Hall–Kier alpha value is -3.19. The molecule has 3 aromatic rings. The SMILES string of the molecule is NC(=NN=Cc1ccc(Oc2ncccn2)cc1)SCc1ccccc1. The number of aromatic nitrogens is 2. The number of benzene rings is 2. The number of amidine groups is 1. The van der Waals surface area contributed by atoms with Gasteiger partial charge in [-0.05, 0) is 41.5 Å². The van der Waals surface area contributed by atoms with Gasteiger partial charge in [0.1, 0.15) is 5.75 Å². The lowest BCUT2D eigenvalue weighted by Crippen LogP contribution is -2.05. The molecule has 0 radical (unpaired) electrons. The number of hydrogen-bond donors (Lipinski definition) is 1. The van der Waals surface area contributed by atoms with Crippen molar-refractivity contribution in [3.05, 3.63) is 84.2 Å². The van der Waals surface area contributed by atoms with Gasteiger partial charge in [-0.3, -0.25) is 0 Å². The van der Waals surface area contributed by atoms with Crippen LogP contribution in [0.1, 0.15) is 11.1 Å². The van der Waals surface area contributed by atoms with Crippen molar-refractivity contribution in [3.63, 3.8) is 0 Å².